The molecule has 0 atom stereocenters. The van der Waals surface area contributed by atoms with E-state index in [0.29, 0.717) is 0 Å². The van der Waals surface area contributed by atoms with Crippen LogP contribution in [0.25, 0.3) is 21.5 Å². The molecule has 0 amide bonds. The minimum Gasteiger partial charge on any atom is -0.322 e. The first-order chi connectivity index (χ1) is 11.2. The highest BCUT2D eigenvalue weighted by molar-refractivity contribution is 6.21. The third-order valence-electron chi connectivity index (χ3n) is 4.68. The largest absolute Gasteiger partial charge is 0.322 e. The second kappa shape index (κ2) is 5.29. The van der Waals surface area contributed by atoms with Crippen LogP contribution in [0.2, 0.25) is 0 Å². The number of quaternary nitrogens is 1. The molecule has 23 heavy (non-hydrogen) atoms. The maximum absolute atomic E-state index is 2.31. The van der Waals surface area contributed by atoms with Crippen molar-refractivity contribution >= 4 is 27.2 Å². The Morgan fingerprint density at radius 1 is 0.652 bits per heavy atom. The summed E-state index contributed by atoms with van der Waals surface area (Å²) in [6, 6.07) is 28.3. The summed E-state index contributed by atoms with van der Waals surface area (Å²) in [5.74, 6) is 0. The molecule has 0 aromatic heterocycles. The highest BCUT2D eigenvalue weighted by atomic mass is 15.3. The van der Waals surface area contributed by atoms with Crippen LogP contribution in [0.5, 0.6) is 0 Å². The molecular formula is C22H21N. The maximum atomic E-state index is 2.31. The minimum absolute atomic E-state index is 0.845. The first-order valence-corrected chi connectivity index (χ1v) is 8.10. The quantitative estimate of drug-likeness (QED) is 0.347. The summed E-state index contributed by atoms with van der Waals surface area (Å²) in [6.07, 6.45) is 0. The molecule has 0 aliphatic rings. The smallest absolute Gasteiger partial charge is 0.103 e. The van der Waals surface area contributed by atoms with Crippen LogP contribution in [0.3, 0.4) is 0 Å². The van der Waals surface area contributed by atoms with Crippen molar-refractivity contribution in [1.29, 1.82) is 0 Å². The van der Waals surface area contributed by atoms with E-state index < -0.39 is 0 Å². The van der Waals surface area contributed by atoms with Gasteiger partial charge in [-0.05, 0) is 0 Å². The van der Waals surface area contributed by atoms with Gasteiger partial charge in [0.05, 0.1) is 19.8 Å². The number of fused-ring (bicyclic) bond motifs is 3. The van der Waals surface area contributed by atoms with Crippen LogP contribution in [-0.2, 0) is 6.54 Å². The molecule has 0 radical (unpaired) electrons. The van der Waals surface area contributed by atoms with Gasteiger partial charge in [-0.1, -0.05) is 77.5 Å². The summed E-state index contributed by atoms with van der Waals surface area (Å²) in [7, 11) is 4.61. The summed E-state index contributed by atoms with van der Waals surface area (Å²) in [6.45, 7) is 0.985. The first-order valence-electron chi connectivity index (χ1n) is 8.10. The fourth-order valence-corrected chi connectivity index (χ4v) is 3.77. The van der Waals surface area contributed by atoms with Gasteiger partial charge in [0.15, 0.2) is 0 Å². The van der Waals surface area contributed by atoms with Crippen LogP contribution in [-0.4, -0.2) is 14.1 Å². The van der Waals surface area contributed by atoms with Gasteiger partial charge in [0, 0.05) is 5.56 Å². The van der Waals surface area contributed by atoms with E-state index in [-0.39, 0.29) is 0 Å². The number of hydrogen-bond donors (Lipinski definition) is 0. The normalized spacial score (nSPS) is 12.1. The van der Waals surface area contributed by atoms with Crippen LogP contribution in [0.1, 0.15) is 5.56 Å². The molecule has 0 aliphatic heterocycles. The Hall–Kier alpha value is -2.51. The van der Waals surface area contributed by atoms with Crippen LogP contribution in [0.15, 0.2) is 78.9 Å². The summed E-state index contributed by atoms with van der Waals surface area (Å²) in [4.78, 5) is 0. The highest BCUT2D eigenvalue weighted by Gasteiger charge is 2.22. The van der Waals surface area contributed by atoms with E-state index in [1.165, 1.54) is 32.8 Å². The Morgan fingerprint density at radius 3 is 1.70 bits per heavy atom. The molecule has 4 aromatic carbocycles. The molecule has 0 saturated carbocycles. The van der Waals surface area contributed by atoms with Crippen molar-refractivity contribution in [1.82, 2.24) is 4.48 Å². The van der Waals surface area contributed by atoms with Crippen molar-refractivity contribution < 1.29 is 0 Å². The van der Waals surface area contributed by atoms with Gasteiger partial charge in [0.1, 0.15) is 6.54 Å². The lowest BCUT2D eigenvalue weighted by Gasteiger charge is -2.33. The minimum atomic E-state index is 0.845. The van der Waals surface area contributed by atoms with Gasteiger partial charge in [-0.2, -0.15) is 0 Å². The maximum Gasteiger partial charge on any atom is 0.103 e. The highest BCUT2D eigenvalue weighted by Crippen LogP contribution is 2.42. The summed E-state index contributed by atoms with van der Waals surface area (Å²) < 4.78 is 0.845. The lowest BCUT2D eigenvalue weighted by molar-refractivity contribution is 0.398. The predicted molar refractivity (Wildman–Crippen MR) is 101 cm³/mol. The topological polar surface area (TPSA) is 0 Å². The molecule has 4 rings (SSSR count). The summed E-state index contributed by atoms with van der Waals surface area (Å²) in [5.41, 5.74) is 2.78. The summed E-state index contributed by atoms with van der Waals surface area (Å²) in [5, 5.41) is 5.46. The fourth-order valence-electron chi connectivity index (χ4n) is 3.77. The lowest BCUT2D eigenvalue weighted by atomic mass is 10.1. The Morgan fingerprint density at radius 2 is 1.13 bits per heavy atom. The molecule has 0 fully saturated rings. The van der Waals surface area contributed by atoms with Crippen molar-refractivity contribution in [2.75, 3.05) is 14.1 Å². The third kappa shape index (κ3) is 2.34. The van der Waals surface area contributed by atoms with Gasteiger partial charge >= 0.3 is 0 Å². The van der Waals surface area contributed by atoms with Crippen LogP contribution < -0.4 is 4.48 Å². The van der Waals surface area contributed by atoms with Crippen molar-refractivity contribution in [2.45, 2.75) is 6.54 Å². The first kappa shape index (κ1) is 14.1. The lowest BCUT2D eigenvalue weighted by Crippen LogP contribution is -2.39. The van der Waals surface area contributed by atoms with Gasteiger partial charge in [-0.3, -0.25) is 0 Å². The molecule has 114 valence electrons. The fraction of sp³-hybridized carbons (Fsp3) is 0.136. The van der Waals surface area contributed by atoms with Gasteiger partial charge in [0.25, 0.3) is 0 Å². The molecule has 1 nitrogen and oxygen atoms in total. The van der Waals surface area contributed by atoms with E-state index in [1.807, 2.05) is 0 Å². The molecule has 0 heterocycles. The second-order valence-electron chi connectivity index (χ2n) is 6.77. The number of rotatable bonds is 3. The van der Waals surface area contributed by atoms with Gasteiger partial charge in [-0.15, -0.1) is 22.9 Å². The SMILES string of the molecule is C[N+](C)(Cc1ccccc1)[c-]1c2ccccc2c2ccccc21. The molecule has 0 saturated heterocycles. The monoisotopic (exact) mass is 299 g/mol. The molecule has 0 N–H and O–H groups in total. The van der Waals surface area contributed by atoms with Crippen LogP contribution in [0, 0.1) is 0 Å². The summed E-state index contributed by atoms with van der Waals surface area (Å²) >= 11 is 0. The van der Waals surface area contributed by atoms with E-state index in [1.54, 1.807) is 0 Å². The molecule has 0 bridgehead atoms. The number of nitrogens with zero attached hydrogens (tertiary/aromatic N) is 1. The Bertz CT molecular complexity index is 908. The standard InChI is InChI=1S/C22H21N/c1-23(2,16-17-10-4-3-5-11-17)22-20-14-8-6-12-18(20)19-13-7-9-15-21(19)22/h3-15H,16H2,1-2H3. The molecule has 4 aromatic rings. The Kier molecular flexibility index (Phi) is 3.24. The zero-order valence-corrected chi connectivity index (χ0v) is 13.7. The molecule has 0 aliphatic carbocycles. The molecule has 0 spiro atoms. The number of benzene rings is 3. The van der Waals surface area contributed by atoms with Gasteiger partial charge in [-0.25, -0.2) is 0 Å². The van der Waals surface area contributed by atoms with Crippen LogP contribution in [0.4, 0.5) is 5.69 Å². The van der Waals surface area contributed by atoms with Gasteiger partial charge in [0.2, 0.25) is 0 Å². The van der Waals surface area contributed by atoms with E-state index in [4.69, 9.17) is 0 Å². The molecule has 0 unspecified atom stereocenters. The average Bonchev–Trinajstić information content (AvgIpc) is 2.91. The van der Waals surface area contributed by atoms with E-state index in [0.717, 1.165) is 11.0 Å². The second-order valence-corrected chi connectivity index (χ2v) is 6.77. The van der Waals surface area contributed by atoms with E-state index >= 15 is 0 Å². The van der Waals surface area contributed by atoms with Crippen molar-refractivity contribution in [3.8, 4) is 0 Å². The van der Waals surface area contributed by atoms with E-state index in [2.05, 4.69) is 93.0 Å². The average molecular weight is 299 g/mol. The molecule has 1 heteroatoms. The zero-order valence-electron chi connectivity index (χ0n) is 13.7. The van der Waals surface area contributed by atoms with Crippen molar-refractivity contribution in [3.63, 3.8) is 0 Å². The Balaban J connectivity index is 1.96. The predicted octanol–water partition coefficient (Wildman–Crippen LogP) is 5.48. The zero-order chi connectivity index (χ0) is 15.9. The third-order valence-corrected chi connectivity index (χ3v) is 4.68. The van der Waals surface area contributed by atoms with Crippen molar-refractivity contribution in [3.05, 3.63) is 84.4 Å². The van der Waals surface area contributed by atoms with Crippen molar-refractivity contribution in [2.24, 2.45) is 0 Å². The number of hydrogen-bond acceptors (Lipinski definition) is 0. The van der Waals surface area contributed by atoms with Gasteiger partial charge < -0.3 is 4.48 Å². The Labute approximate surface area is 137 Å². The van der Waals surface area contributed by atoms with E-state index in [9.17, 15) is 0 Å². The molecular weight excluding hydrogens is 278 g/mol. The van der Waals surface area contributed by atoms with Crippen LogP contribution >= 0.6 is 0 Å².